The molecule has 0 aromatic carbocycles. The molecule has 3 rings (SSSR count). The molecule has 3 heterocycles. The largest absolute Gasteiger partial charge is 0.449 e. The second kappa shape index (κ2) is 7.24. The van der Waals surface area contributed by atoms with Gasteiger partial charge < -0.3 is 9.64 Å². The van der Waals surface area contributed by atoms with Crippen molar-refractivity contribution in [3.05, 3.63) is 22.4 Å². The van der Waals surface area contributed by atoms with Crippen molar-refractivity contribution in [3.8, 4) is 0 Å². The summed E-state index contributed by atoms with van der Waals surface area (Å²) in [6.45, 7) is 2.94. The molecule has 22 heavy (non-hydrogen) atoms. The van der Waals surface area contributed by atoms with Gasteiger partial charge in [0.1, 0.15) is 6.61 Å². The van der Waals surface area contributed by atoms with E-state index >= 15 is 0 Å². The number of fused-ring (bicyclic) bond motifs is 1. The Labute approximate surface area is 134 Å². The number of hydrogen-bond donors (Lipinski definition) is 2. The lowest BCUT2D eigenvalue weighted by Crippen LogP contribution is -3.18. The fraction of sp³-hybridized carbons (Fsp3) is 0.625. The van der Waals surface area contributed by atoms with Crippen molar-refractivity contribution in [2.45, 2.75) is 38.1 Å². The van der Waals surface area contributed by atoms with E-state index in [1.165, 1.54) is 50.1 Å². The second-order valence-corrected chi connectivity index (χ2v) is 7.14. The topological polar surface area (TPSA) is 59.8 Å². The van der Waals surface area contributed by atoms with Crippen LogP contribution in [0.1, 0.15) is 41.8 Å². The van der Waals surface area contributed by atoms with Crippen molar-refractivity contribution >= 4 is 23.3 Å². The highest BCUT2D eigenvalue weighted by Gasteiger charge is 2.37. The molecule has 0 radical (unpaired) electrons. The molecule has 2 amide bonds. The maximum absolute atomic E-state index is 11.8. The van der Waals surface area contributed by atoms with Crippen LogP contribution in [-0.4, -0.2) is 37.7 Å². The van der Waals surface area contributed by atoms with Crippen LogP contribution < -0.4 is 10.2 Å². The highest BCUT2D eigenvalue weighted by molar-refractivity contribution is 7.12. The number of quaternary nitrogens is 1. The summed E-state index contributed by atoms with van der Waals surface area (Å²) in [5.74, 6) is 0.0557. The third kappa shape index (κ3) is 3.67. The maximum atomic E-state index is 11.8. The van der Waals surface area contributed by atoms with Gasteiger partial charge in [-0.05, 0) is 43.6 Å². The lowest BCUT2D eigenvalue weighted by Gasteiger charge is -2.40. The number of carbonyl (C=O) groups excluding carboxylic acids is 2. The summed E-state index contributed by atoms with van der Waals surface area (Å²) in [4.78, 5) is 25.8. The van der Waals surface area contributed by atoms with Crippen LogP contribution >= 0.6 is 11.3 Å². The average Bonchev–Trinajstić information content (AvgIpc) is 3.07. The Bertz CT molecular complexity index is 515. The molecule has 2 aliphatic rings. The van der Waals surface area contributed by atoms with Gasteiger partial charge in [0.25, 0.3) is 5.91 Å². The van der Waals surface area contributed by atoms with Gasteiger partial charge in [-0.25, -0.2) is 4.79 Å². The summed E-state index contributed by atoms with van der Waals surface area (Å²) in [5, 5.41) is 4.11. The number of amides is 2. The minimum atomic E-state index is -0.624. The fourth-order valence-electron chi connectivity index (χ4n) is 3.76. The van der Waals surface area contributed by atoms with E-state index in [0.717, 1.165) is 6.42 Å². The maximum Gasteiger partial charge on any atom is 0.414 e. The van der Waals surface area contributed by atoms with Crippen molar-refractivity contribution in [2.75, 3.05) is 19.7 Å². The molecule has 1 aromatic rings. The number of nitrogens with one attached hydrogen (secondary N) is 2. The number of rotatable bonds is 3. The van der Waals surface area contributed by atoms with Gasteiger partial charge in [-0.1, -0.05) is 6.07 Å². The number of imide groups is 1. The molecule has 5 nitrogen and oxygen atoms in total. The number of piperidine rings is 2. The minimum Gasteiger partial charge on any atom is -0.449 e. The van der Waals surface area contributed by atoms with Crippen LogP contribution in [0.4, 0.5) is 4.79 Å². The molecule has 1 aromatic heterocycles. The lowest BCUT2D eigenvalue weighted by atomic mass is 9.84. The zero-order valence-electron chi connectivity index (χ0n) is 12.7. The van der Waals surface area contributed by atoms with Crippen LogP contribution in [0.25, 0.3) is 0 Å². The number of carbonyl (C=O) groups is 2. The van der Waals surface area contributed by atoms with E-state index in [4.69, 9.17) is 4.74 Å². The Kier molecular flexibility index (Phi) is 5.10. The van der Waals surface area contributed by atoms with Gasteiger partial charge in [-0.15, -0.1) is 11.3 Å². The molecular formula is C16H23N2O3S+. The van der Waals surface area contributed by atoms with Gasteiger partial charge in [0.15, 0.2) is 0 Å². The SMILES string of the molecule is O=C(NC(=O)c1cccs1)OC[C@@H]1CCC[NH+]2CCCC[C@@H]12. The van der Waals surface area contributed by atoms with E-state index in [2.05, 4.69) is 5.32 Å². The summed E-state index contributed by atoms with van der Waals surface area (Å²) in [6.07, 6.45) is 5.54. The van der Waals surface area contributed by atoms with Crippen molar-refractivity contribution in [3.63, 3.8) is 0 Å². The summed E-state index contributed by atoms with van der Waals surface area (Å²) in [5.41, 5.74) is 0. The first-order valence-corrected chi connectivity index (χ1v) is 8.98. The highest BCUT2D eigenvalue weighted by atomic mass is 32.1. The molecule has 2 saturated heterocycles. The van der Waals surface area contributed by atoms with Gasteiger partial charge >= 0.3 is 6.09 Å². The van der Waals surface area contributed by atoms with Gasteiger partial charge in [0.2, 0.25) is 0 Å². The van der Waals surface area contributed by atoms with Crippen LogP contribution in [0.2, 0.25) is 0 Å². The zero-order chi connectivity index (χ0) is 15.4. The second-order valence-electron chi connectivity index (χ2n) is 6.19. The van der Waals surface area contributed by atoms with Crippen molar-refractivity contribution in [2.24, 2.45) is 5.92 Å². The highest BCUT2D eigenvalue weighted by Crippen LogP contribution is 2.20. The predicted molar refractivity (Wildman–Crippen MR) is 84.2 cm³/mol. The van der Waals surface area contributed by atoms with Crippen molar-refractivity contribution < 1.29 is 19.2 Å². The molecule has 6 heteroatoms. The summed E-state index contributed by atoms with van der Waals surface area (Å²) < 4.78 is 5.32. The molecule has 1 unspecified atom stereocenters. The van der Waals surface area contributed by atoms with Crippen LogP contribution in [0.15, 0.2) is 17.5 Å². The van der Waals surface area contributed by atoms with E-state index < -0.39 is 6.09 Å². The van der Waals surface area contributed by atoms with Crippen LogP contribution in [0, 0.1) is 5.92 Å². The molecule has 3 atom stereocenters. The predicted octanol–water partition coefficient (Wildman–Crippen LogP) is 1.46. The third-order valence-corrected chi connectivity index (χ3v) is 5.69. The molecule has 0 aliphatic carbocycles. The molecule has 0 bridgehead atoms. The van der Waals surface area contributed by atoms with E-state index in [1.807, 2.05) is 5.38 Å². The van der Waals surface area contributed by atoms with Crippen LogP contribution in [-0.2, 0) is 4.74 Å². The molecule has 2 N–H and O–H groups in total. The Balaban J connectivity index is 1.47. The number of thiophene rings is 1. The minimum absolute atomic E-state index is 0.381. The fourth-order valence-corrected chi connectivity index (χ4v) is 4.38. The molecular weight excluding hydrogens is 300 g/mol. The van der Waals surface area contributed by atoms with Gasteiger partial charge in [-0.3, -0.25) is 10.1 Å². The van der Waals surface area contributed by atoms with E-state index in [0.29, 0.717) is 23.4 Å². The standard InChI is InChI=1S/C16H22N2O3S/c19-15(14-7-4-10-22-14)17-16(20)21-11-12-5-3-9-18-8-2-1-6-13(12)18/h4,7,10,12-13H,1-3,5-6,8-9,11H2,(H,17,19,20)/p+1/t12-,13-/m0/s1. The van der Waals surface area contributed by atoms with E-state index in [-0.39, 0.29) is 5.91 Å². The Hall–Kier alpha value is -1.40. The van der Waals surface area contributed by atoms with Crippen LogP contribution in [0.3, 0.4) is 0 Å². The quantitative estimate of drug-likeness (QED) is 0.885. The normalized spacial score (nSPS) is 27.7. The summed E-state index contributed by atoms with van der Waals surface area (Å²) in [7, 11) is 0. The molecule has 120 valence electrons. The Morgan fingerprint density at radius 2 is 2.14 bits per heavy atom. The van der Waals surface area contributed by atoms with Crippen molar-refractivity contribution in [1.29, 1.82) is 0 Å². The Morgan fingerprint density at radius 1 is 1.27 bits per heavy atom. The molecule has 0 spiro atoms. The third-order valence-electron chi connectivity index (χ3n) is 4.82. The van der Waals surface area contributed by atoms with Gasteiger partial charge in [0, 0.05) is 5.92 Å². The molecule has 2 fully saturated rings. The zero-order valence-corrected chi connectivity index (χ0v) is 13.5. The monoisotopic (exact) mass is 323 g/mol. The first kappa shape index (κ1) is 15.5. The smallest absolute Gasteiger partial charge is 0.414 e. The number of alkyl carbamates (subject to hydrolysis) is 1. The summed E-state index contributed by atoms with van der Waals surface area (Å²) >= 11 is 1.31. The number of hydrogen-bond acceptors (Lipinski definition) is 4. The van der Waals surface area contributed by atoms with Gasteiger partial charge in [-0.2, -0.15) is 0 Å². The Morgan fingerprint density at radius 3 is 2.95 bits per heavy atom. The lowest BCUT2D eigenvalue weighted by molar-refractivity contribution is -0.940. The number of ether oxygens (including phenoxy) is 1. The van der Waals surface area contributed by atoms with Gasteiger partial charge in [0.05, 0.1) is 24.0 Å². The average molecular weight is 323 g/mol. The first-order chi connectivity index (χ1) is 10.7. The van der Waals surface area contributed by atoms with Crippen molar-refractivity contribution in [1.82, 2.24) is 5.32 Å². The summed E-state index contributed by atoms with van der Waals surface area (Å²) in [6, 6.07) is 4.11. The van der Waals surface area contributed by atoms with Crippen LogP contribution in [0.5, 0.6) is 0 Å². The molecule has 2 aliphatic heterocycles. The van der Waals surface area contributed by atoms with E-state index in [9.17, 15) is 9.59 Å². The molecule has 0 saturated carbocycles. The first-order valence-electron chi connectivity index (χ1n) is 8.10. The van der Waals surface area contributed by atoms with E-state index in [1.54, 1.807) is 17.0 Å².